The standard InChI is InChI=1S/C24H23NO4/c1-5-19(16-9-7-6-8-10-16)21-22(20-15-28-24(2,3)29-20)25(23(21)26)17-11-13-18(27-4)14-12-17/h1,6-14,20,22H,15H2,2-4H3/b21-19+/t20?,22-/m0/s1. The van der Waals surface area contributed by atoms with Crippen molar-refractivity contribution in [2.45, 2.75) is 31.8 Å². The number of methoxy groups -OCH3 is 1. The van der Waals surface area contributed by atoms with E-state index in [0.29, 0.717) is 17.8 Å². The lowest BCUT2D eigenvalue weighted by molar-refractivity contribution is -0.143. The van der Waals surface area contributed by atoms with E-state index in [1.54, 1.807) is 12.0 Å². The minimum Gasteiger partial charge on any atom is -0.497 e. The van der Waals surface area contributed by atoms with Crippen LogP contribution >= 0.6 is 0 Å². The zero-order valence-electron chi connectivity index (χ0n) is 16.7. The first kappa shape index (κ1) is 19.3. The molecule has 2 heterocycles. The van der Waals surface area contributed by atoms with Gasteiger partial charge in [0.15, 0.2) is 5.79 Å². The molecule has 2 aliphatic rings. The molecule has 148 valence electrons. The lowest BCUT2D eigenvalue weighted by Crippen LogP contribution is -2.62. The minimum absolute atomic E-state index is 0.120. The Morgan fingerprint density at radius 3 is 2.41 bits per heavy atom. The van der Waals surface area contributed by atoms with Crippen LogP contribution in [0, 0.1) is 12.3 Å². The molecule has 5 nitrogen and oxygen atoms in total. The average molecular weight is 389 g/mol. The van der Waals surface area contributed by atoms with E-state index in [1.165, 1.54) is 0 Å². The molecular weight excluding hydrogens is 366 g/mol. The summed E-state index contributed by atoms with van der Waals surface area (Å²) in [6.45, 7) is 4.12. The molecule has 2 saturated heterocycles. The molecule has 2 aromatic carbocycles. The van der Waals surface area contributed by atoms with Gasteiger partial charge in [0, 0.05) is 11.3 Å². The summed E-state index contributed by atoms with van der Waals surface area (Å²) in [7, 11) is 1.61. The molecular formula is C24H23NO4. The van der Waals surface area contributed by atoms with E-state index in [9.17, 15) is 4.79 Å². The number of hydrogen-bond acceptors (Lipinski definition) is 4. The smallest absolute Gasteiger partial charge is 0.258 e. The molecule has 0 bridgehead atoms. The van der Waals surface area contributed by atoms with Crippen molar-refractivity contribution < 1.29 is 19.0 Å². The van der Waals surface area contributed by atoms with Crippen LogP contribution < -0.4 is 9.64 Å². The molecule has 4 rings (SSSR count). The molecule has 1 unspecified atom stereocenters. The molecule has 0 aliphatic carbocycles. The van der Waals surface area contributed by atoms with Crippen molar-refractivity contribution in [3.05, 3.63) is 65.7 Å². The van der Waals surface area contributed by atoms with E-state index in [1.807, 2.05) is 68.4 Å². The Bertz CT molecular complexity index is 986. The zero-order valence-corrected chi connectivity index (χ0v) is 16.7. The zero-order chi connectivity index (χ0) is 20.6. The number of benzene rings is 2. The van der Waals surface area contributed by atoms with Crippen molar-refractivity contribution >= 4 is 17.2 Å². The highest BCUT2D eigenvalue weighted by Gasteiger charge is 2.53. The van der Waals surface area contributed by atoms with E-state index in [4.69, 9.17) is 20.6 Å². The summed E-state index contributed by atoms with van der Waals surface area (Å²) >= 11 is 0. The van der Waals surface area contributed by atoms with Gasteiger partial charge in [-0.1, -0.05) is 36.3 Å². The Labute approximate surface area is 170 Å². The van der Waals surface area contributed by atoms with Crippen LogP contribution in [0.15, 0.2) is 60.2 Å². The van der Waals surface area contributed by atoms with E-state index < -0.39 is 5.79 Å². The summed E-state index contributed by atoms with van der Waals surface area (Å²) in [5.74, 6) is 2.63. The highest BCUT2D eigenvalue weighted by atomic mass is 16.7. The molecule has 2 aromatic rings. The maximum absolute atomic E-state index is 13.3. The Morgan fingerprint density at radius 1 is 1.17 bits per heavy atom. The number of carbonyl (C=O) groups excluding carboxylic acids is 1. The maximum atomic E-state index is 13.3. The van der Waals surface area contributed by atoms with Crippen molar-refractivity contribution in [1.82, 2.24) is 0 Å². The summed E-state index contributed by atoms with van der Waals surface area (Å²) in [4.78, 5) is 15.0. The molecule has 0 saturated carbocycles. The van der Waals surface area contributed by atoms with Gasteiger partial charge >= 0.3 is 0 Å². The van der Waals surface area contributed by atoms with E-state index in [-0.39, 0.29) is 18.1 Å². The van der Waals surface area contributed by atoms with Gasteiger partial charge in [0.2, 0.25) is 0 Å². The molecule has 0 spiro atoms. The van der Waals surface area contributed by atoms with Crippen LogP contribution in [-0.4, -0.2) is 37.6 Å². The van der Waals surface area contributed by atoms with Gasteiger partial charge in [0.05, 0.1) is 25.3 Å². The van der Waals surface area contributed by atoms with Crippen LogP contribution in [0.3, 0.4) is 0 Å². The second-order valence-electron chi connectivity index (χ2n) is 7.48. The molecule has 2 fully saturated rings. The summed E-state index contributed by atoms with van der Waals surface area (Å²) in [5, 5.41) is 0. The van der Waals surface area contributed by atoms with Crippen LogP contribution in [0.2, 0.25) is 0 Å². The third kappa shape index (κ3) is 3.42. The summed E-state index contributed by atoms with van der Waals surface area (Å²) in [6, 6.07) is 16.6. The van der Waals surface area contributed by atoms with Crippen molar-refractivity contribution in [2.75, 3.05) is 18.6 Å². The first-order valence-electron chi connectivity index (χ1n) is 9.51. The van der Waals surface area contributed by atoms with Crippen LogP contribution in [0.25, 0.3) is 5.57 Å². The van der Waals surface area contributed by atoms with E-state index >= 15 is 0 Å². The monoisotopic (exact) mass is 389 g/mol. The molecule has 0 radical (unpaired) electrons. The van der Waals surface area contributed by atoms with Crippen molar-refractivity contribution in [2.24, 2.45) is 0 Å². The number of terminal acetylenes is 1. The highest BCUT2D eigenvalue weighted by molar-refractivity contribution is 6.21. The van der Waals surface area contributed by atoms with Crippen LogP contribution in [0.1, 0.15) is 19.4 Å². The molecule has 1 amide bonds. The van der Waals surface area contributed by atoms with Crippen LogP contribution in [-0.2, 0) is 14.3 Å². The number of hydrogen-bond donors (Lipinski definition) is 0. The molecule has 0 aromatic heterocycles. The molecule has 2 aliphatic heterocycles. The van der Waals surface area contributed by atoms with Gasteiger partial charge in [-0.25, -0.2) is 0 Å². The summed E-state index contributed by atoms with van der Waals surface area (Å²) < 4.78 is 17.1. The quantitative estimate of drug-likeness (QED) is 0.455. The number of amides is 1. The van der Waals surface area contributed by atoms with Crippen molar-refractivity contribution in [1.29, 1.82) is 0 Å². The fourth-order valence-electron chi connectivity index (χ4n) is 3.87. The predicted molar refractivity (Wildman–Crippen MR) is 111 cm³/mol. The average Bonchev–Trinajstić information content (AvgIpc) is 3.09. The lowest BCUT2D eigenvalue weighted by Gasteiger charge is -2.45. The molecule has 29 heavy (non-hydrogen) atoms. The van der Waals surface area contributed by atoms with Crippen LogP contribution in [0.5, 0.6) is 5.75 Å². The number of nitrogens with zero attached hydrogens (tertiary/aromatic N) is 1. The highest BCUT2D eigenvalue weighted by Crippen LogP contribution is 2.42. The van der Waals surface area contributed by atoms with Gasteiger partial charge in [-0.15, -0.1) is 6.42 Å². The Hall–Kier alpha value is -3.07. The summed E-state index contributed by atoms with van der Waals surface area (Å²) in [6.07, 6.45) is 5.53. The number of carbonyl (C=O) groups is 1. The van der Waals surface area contributed by atoms with E-state index in [0.717, 1.165) is 17.0 Å². The van der Waals surface area contributed by atoms with Gasteiger partial charge in [-0.05, 0) is 43.7 Å². The van der Waals surface area contributed by atoms with Gasteiger partial charge in [0.25, 0.3) is 5.91 Å². The topological polar surface area (TPSA) is 48.0 Å². The third-order valence-electron chi connectivity index (χ3n) is 5.23. The van der Waals surface area contributed by atoms with Gasteiger partial charge in [0.1, 0.15) is 11.9 Å². The Morgan fingerprint density at radius 2 is 1.86 bits per heavy atom. The second-order valence-corrected chi connectivity index (χ2v) is 7.48. The second kappa shape index (κ2) is 7.40. The molecule has 0 N–H and O–H groups in total. The number of ether oxygens (including phenoxy) is 3. The predicted octanol–water partition coefficient (Wildman–Crippen LogP) is 3.65. The number of β-lactam (4-membered cyclic amide) rings is 1. The van der Waals surface area contributed by atoms with Crippen LogP contribution in [0.4, 0.5) is 5.69 Å². The minimum atomic E-state index is -0.705. The normalized spacial score (nSPS) is 24.6. The van der Waals surface area contributed by atoms with Crippen molar-refractivity contribution in [3.8, 4) is 18.1 Å². The van der Waals surface area contributed by atoms with Crippen molar-refractivity contribution in [3.63, 3.8) is 0 Å². The molecule has 2 atom stereocenters. The number of rotatable bonds is 4. The van der Waals surface area contributed by atoms with Gasteiger partial charge in [-0.3, -0.25) is 9.69 Å². The summed E-state index contributed by atoms with van der Waals surface area (Å²) in [5.41, 5.74) is 2.79. The lowest BCUT2D eigenvalue weighted by atomic mass is 9.83. The SMILES string of the molecule is C#C/C(=C1\C(=O)N(c2ccc(OC)cc2)[C@H]1C1COC(C)(C)O1)c1ccccc1. The maximum Gasteiger partial charge on any atom is 0.258 e. The Kier molecular flexibility index (Phi) is 4.91. The van der Waals surface area contributed by atoms with E-state index in [2.05, 4.69) is 5.92 Å². The Balaban J connectivity index is 1.78. The first-order chi connectivity index (χ1) is 13.9. The fourth-order valence-corrected chi connectivity index (χ4v) is 3.87. The largest absolute Gasteiger partial charge is 0.497 e. The number of allylic oxidation sites excluding steroid dienone is 1. The number of anilines is 1. The first-order valence-corrected chi connectivity index (χ1v) is 9.51. The third-order valence-corrected chi connectivity index (χ3v) is 5.23. The fraction of sp³-hybridized carbons (Fsp3) is 0.292. The van der Waals surface area contributed by atoms with Gasteiger partial charge in [-0.2, -0.15) is 0 Å². The van der Waals surface area contributed by atoms with Gasteiger partial charge < -0.3 is 14.2 Å². The molecule has 5 heteroatoms.